The summed E-state index contributed by atoms with van der Waals surface area (Å²) < 4.78 is 176. The van der Waals surface area contributed by atoms with Crippen molar-refractivity contribution in [3.05, 3.63) is 362 Å². The van der Waals surface area contributed by atoms with E-state index in [4.69, 9.17) is 34.7 Å². The van der Waals surface area contributed by atoms with Crippen molar-refractivity contribution in [1.29, 1.82) is 0 Å². The molecule has 0 amide bonds. The molecule has 0 unspecified atom stereocenters. The largest absolute Gasteiger partial charge is 0.476 e. The molecule has 2 saturated heterocycles. The predicted molar refractivity (Wildman–Crippen MR) is 367 cm³/mol. The van der Waals surface area contributed by atoms with E-state index in [1.54, 1.807) is 97.1 Å². The van der Waals surface area contributed by atoms with Gasteiger partial charge in [-0.2, -0.15) is 0 Å². The molecule has 12 aromatic carbocycles. The third-order valence-electron chi connectivity index (χ3n) is 16.0. The number of hydrogen-bond donors (Lipinski definition) is 0. The standard InChI is InChI=1S/2C36H26B2F4O4Si2/c2*39-29-21-27(22-30(40)25-29)37-43-47(33-13-5-1-6-14-33,34-15-7-2-8-16-34)44-38(28-23-31(41)26-32(42)24-28)46-48(45-37,35-17-9-3-10-18-35)36-19-11-4-12-20-36/h2*1-26H. The minimum atomic E-state index is -4.06. The van der Waals surface area contributed by atoms with Gasteiger partial charge in [-0.25, -0.2) is 35.1 Å². The Morgan fingerprint density at radius 2 is 0.281 bits per heavy atom. The average Bonchev–Trinajstić information content (AvgIpc) is 0.740. The summed E-state index contributed by atoms with van der Waals surface area (Å²) >= 11 is 0. The molecule has 24 heteroatoms. The summed E-state index contributed by atoms with van der Waals surface area (Å²) in [6.07, 6.45) is 0. The van der Waals surface area contributed by atoms with Crippen LogP contribution in [0.4, 0.5) is 35.1 Å². The molecular weight excluding hydrogens is 1300 g/mol. The average molecular weight is 1350 g/mol. The zero-order chi connectivity index (χ0) is 66.3. The second-order valence-electron chi connectivity index (χ2n) is 22.5. The topological polar surface area (TPSA) is 73.8 Å². The first-order valence-corrected chi connectivity index (χ1v) is 37.7. The zero-order valence-corrected chi connectivity index (χ0v) is 54.6. The Morgan fingerprint density at radius 3 is 0.396 bits per heavy atom. The summed E-state index contributed by atoms with van der Waals surface area (Å²) in [7, 11) is -22.0. The Kier molecular flexibility index (Phi) is 19.6. The number of hydrogen-bond acceptors (Lipinski definition) is 8. The van der Waals surface area contributed by atoms with Crippen LogP contribution in [0.15, 0.2) is 315 Å². The van der Waals surface area contributed by atoms with Gasteiger partial charge in [-0.15, -0.1) is 0 Å². The molecule has 0 radical (unpaired) electrons. The van der Waals surface area contributed by atoms with E-state index in [1.807, 2.05) is 146 Å². The monoisotopic (exact) mass is 1350 g/mol. The molecule has 0 spiro atoms. The van der Waals surface area contributed by atoms with Crippen molar-refractivity contribution >= 4 is 126 Å². The Hall–Kier alpha value is -9.11. The highest BCUT2D eigenvalue weighted by molar-refractivity contribution is 7.07. The van der Waals surface area contributed by atoms with Gasteiger partial charge in [-0.05, 0) is 112 Å². The fourth-order valence-corrected chi connectivity index (χ4v) is 24.9. The Morgan fingerprint density at radius 1 is 0.167 bits per heavy atom. The van der Waals surface area contributed by atoms with Crippen molar-refractivity contribution in [2.24, 2.45) is 0 Å². The molecule has 0 aromatic heterocycles. The molecule has 0 atom stereocenters. The van der Waals surface area contributed by atoms with Crippen molar-refractivity contribution in [3.8, 4) is 0 Å². The lowest BCUT2D eigenvalue weighted by atomic mass is 9.80. The fourth-order valence-electron chi connectivity index (χ4n) is 11.8. The molecule has 2 heterocycles. The lowest BCUT2D eigenvalue weighted by Crippen LogP contribution is -2.78. The van der Waals surface area contributed by atoms with Gasteiger partial charge in [0.25, 0.3) is 0 Å². The molecule has 2 aliphatic heterocycles. The molecule has 12 aromatic rings. The van der Waals surface area contributed by atoms with E-state index in [0.29, 0.717) is 41.5 Å². The minimum absolute atomic E-state index is 0.0578. The van der Waals surface area contributed by atoms with Crippen molar-refractivity contribution < 1.29 is 69.9 Å². The van der Waals surface area contributed by atoms with Gasteiger partial charge < -0.3 is 34.7 Å². The van der Waals surface area contributed by atoms with Crippen molar-refractivity contribution in [3.63, 3.8) is 0 Å². The Balaban J connectivity index is 0.000000174. The molecule has 2 fully saturated rings. The van der Waals surface area contributed by atoms with Gasteiger partial charge in [0.15, 0.2) is 0 Å². The summed E-state index contributed by atoms with van der Waals surface area (Å²) in [4.78, 5) is 0. The first kappa shape index (κ1) is 65.5. The van der Waals surface area contributed by atoms with E-state index in [0.717, 1.165) is 72.8 Å². The van der Waals surface area contributed by atoms with Crippen LogP contribution in [0, 0.1) is 46.5 Å². The molecule has 8 nitrogen and oxygen atoms in total. The van der Waals surface area contributed by atoms with E-state index < -0.39 is 109 Å². The van der Waals surface area contributed by atoms with Crippen LogP contribution in [-0.2, 0) is 34.7 Å². The number of rotatable bonds is 12. The summed E-state index contributed by atoms with van der Waals surface area (Å²) in [5.74, 6) is -6.61. The second-order valence-corrected chi connectivity index (χ2v) is 33.9. The quantitative estimate of drug-likeness (QED) is 0.0906. The van der Waals surface area contributed by atoms with Gasteiger partial charge in [0, 0.05) is 24.3 Å². The van der Waals surface area contributed by atoms with E-state index in [2.05, 4.69) is 0 Å². The molecule has 2 aliphatic rings. The van der Waals surface area contributed by atoms with E-state index >= 15 is 0 Å². The lowest BCUT2D eigenvalue weighted by Gasteiger charge is -2.44. The van der Waals surface area contributed by atoms with Gasteiger partial charge in [-0.1, -0.05) is 243 Å². The van der Waals surface area contributed by atoms with Crippen LogP contribution >= 0.6 is 0 Å². The molecule has 14 rings (SSSR count). The Bertz CT molecular complexity index is 3760. The van der Waals surface area contributed by atoms with Gasteiger partial charge >= 0.3 is 62.7 Å². The highest BCUT2D eigenvalue weighted by Crippen LogP contribution is 2.27. The van der Waals surface area contributed by atoms with Gasteiger partial charge in [0.05, 0.1) is 0 Å². The highest BCUT2D eigenvalue weighted by atomic mass is 28.4. The van der Waals surface area contributed by atoms with Gasteiger partial charge in [0.1, 0.15) is 46.5 Å². The first-order chi connectivity index (χ1) is 46.7. The van der Waals surface area contributed by atoms with Crippen LogP contribution in [0.25, 0.3) is 0 Å². The summed E-state index contributed by atoms with van der Waals surface area (Å²) in [5.41, 5.74) is 0.231. The van der Waals surface area contributed by atoms with Crippen LogP contribution in [0.2, 0.25) is 0 Å². The maximum absolute atomic E-state index is 14.9. The molecular formula is C72H52B4F8O8Si4. The molecule has 0 N–H and O–H groups in total. The smallest absolute Gasteiger partial charge is 0.423 e. The van der Waals surface area contributed by atoms with Crippen molar-refractivity contribution in [1.82, 2.24) is 0 Å². The van der Waals surface area contributed by atoms with Crippen molar-refractivity contribution in [2.45, 2.75) is 0 Å². The molecule has 472 valence electrons. The lowest BCUT2D eigenvalue weighted by molar-refractivity contribution is 0.286. The Labute approximate surface area is 554 Å². The van der Waals surface area contributed by atoms with E-state index in [-0.39, 0.29) is 21.9 Å². The van der Waals surface area contributed by atoms with Crippen LogP contribution in [0.1, 0.15) is 0 Å². The van der Waals surface area contributed by atoms with Crippen LogP contribution in [0.3, 0.4) is 0 Å². The maximum Gasteiger partial charge on any atom is 0.476 e. The highest BCUT2D eigenvalue weighted by Gasteiger charge is 2.60. The summed E-state index contributed by atoms with van der Waals surface area (Å²) in [6, 6.07) is 84.8. The SMILES string of the molecule is Fc1cc(F)cc(B2O[Si](c3ccccc3)(c3ccccc3)OB(c3cc(F)cc(F)c3)O[Si](c3ccccc3)(c3ccccc3)O2)c1.Fc1cc(F)cc(B2O[Si](c3ccccc3)(c3ccccc3)OB(c3cc(F)cc(F)c3)O[Si](c3ccccc3)(c3ccccc3)O2)c1. The summed E-state index contributed by atoms with van der Waals surface area (Å²) in [6.45, 7) is 0. The minimum Gasteiger partial charge on any atom is -0.423 e. The third kappa shape index (κ3) is 14.0. The first-order valence-electron chi connectivity index (χ1n) is 30.4. The van der Waals surface area contributed by atoms with E-state index in [1.165, 1.54) is 0 Å². The third-order valence-corrected chi connectivity index (χ3v) is 29.2. The van der Waals surface area contributed by atoms with Crippen molar-refractivity contribution in [2.75, 3.05) is 0 Å². The number of halogens is 8. The summed E-state index contributed by atoms with van der Waals surface area (Å²) in [5, 5.41) is 4.78. The molecule has 96 heavy (non-hydrogen) atoms. The number of benzene rings is 12. The van der Waals surface area contributed by atoms with Crippen LogP contribution < -0.4 is 63.3 Å². The van der Waals surface area contributed by atoms with E-state index in [9.17, 15) is 35.1 Å². The normalized spacial score (nSPS) is 15.8. The fraction of sp³-hybridized carbons (Fsp3) is 0. The van der Waals surface area contributed by atoms with Crippen LogP contribution in [0.5, 0.6) is 0 Å². The molecule has 0 bridgehead atoms. The molecule has 0 aliphatic carbocycles. The molecule has 0 saturated carbocycles. The van der Waals surface area contributed by atoms with Gasteiger partial charge in [0.2, 0.25) is 0 Å². The second kappa shape index (κ2) is 28.7. The zero-order valence-electron chi connectivity index (χ0n) is 50.6. The maximum atomic E-state index is 14.9. The predicted octanol–water partition coefficient (Wildman–Crippen LogP) is 7.85. The van der Waals surface area contributed by atoms with Gasteiger partial charge in [-0.3, -0.25) is 0 Å². The van der Waals surface area contributed by atoms with Crippen LogP contribution in [-0.4, -0.2) is 62.7 Å².